The van der Waals surface area contributed by atoms with Gasteiger partial charge >= 0.3 is 13.2 Å². The minimum atomic E-state index is -6.00. The number of rotatable bonds is 9. The molecule has 0 saturated heterocycles. The molecule has 0 N–H and O–H groups in total. The maximum Gasteiger partial charge on any atom is 0.673 e. The highest BCUT2D eigenvalue weighted by atomic mass is 19.5. The normalized spacial score (nSPS) is 11.3. The third-order valence-electron chi connectivity index (χ3n) is 2.98. The van der Waals surface area contributed by atoms with Crippen molar-refractivity contribution in [1.29, 1.82) is 0 Å². The van der Waals surface area contributed by atoms with Crippen molar-refractivity contribution in [2.45, 2.75) is 41.5 Å². The lowest BCUT2D eigenvalue weighted by Crippen LogP contribution is -2.28. The van der Waals surface area contributed by atoms with Crippen LogP contribution in [0.1, 0.15) is 41.5 Å². The second-order valence-electron chi connectivity index (χ2n) is 4.53. The van der Waals surface area contributed by atoms with E-state index in [9.17, 15) is 17.3 Å². The van der Waals surface area contributed by atoms with Crippen LogP contribution in [0.4, 0.5) is 17.3 Å². The second-order valence-corrected chi connectivity index (χ2v) is 4.53. The number of hydrogen-bond donors (Lipinski definition) is 0. The molecule has 0 fully saturated rings. The molecule has 4 nitrogen and oxygen atoms in total. The van der Waals surface area contributed by atoms with Crippen molar-refractivity contribution in [3.8, 4) is 0 Å². The van der Waals surface area contributed by atoms with Crippen LogP contribution in [0.25, 0.3) is 0 Å². The minimum Gasteiger partial charge on any atom is -0.479 e. The summed E-state index contributed by atoms with van der Waals surface area (Å²) in [6, 6.07) is 0. The Kier molecular flexibility index (Phi) is 14.5. The van der Waals surface area contributed by atoms with Gasteiger partial charge in [-0.05, 0) is 41.5 Å². The van der Waals surface area contributed by atoms with Crippen molar-refractivity contribution in [1.82, 2.24) is 4.90 Å². The zero-order chi connectivity index (χ0) is 19.2. The predicted molar refractivity (Wildman–Crippen MR) is 90.8 cm³/mol. The van der Waals surface area contributed by atoms with Gasteiger partial charge < -0.3 is 31.6 Å². The molecule has 9 heteroatoms. The second kappa shape index (κ2) is 14.0. The van der Waals surface area contributed by atoms with Crippen molar-refractivity contribution in [3.63, 3.8) is 0 Å². The molecule has 0 heterocycles. The van der Waals surface area contributed by atoms with E-state index in [1.807, 2.05) is 19.9 Å². The van der Waals surface area contributed by atoms with Crippen LogP contribution in [0.15, 0.2) is 12.0 Å². The highest BCUT2D eigenvalue weighted by molar-refractivity contribution is 6.50. The molecular weight excluding hydrogens is 327 g/mol. The monoisotopic (exact) mass is 358 g/mol. The molecule has 0 aliphatic heterocycles. The van der Waals surface area contributed by atoms with Crippen molar-refractivity contribution in [2.24, 2.45) is 0 Å². The van der Waals surface area contributed by atoms with E-state index in [0.717, 1.165) is 38.0 Å². The molecule has 0 spiro atoms. The SMILES string of the molecule is CCOC(/C=C(/OCC)N(CC)CC)=[N+](CC)CC.F[B-](F)(F)F. The molecule has 0 amide bonds. The molecule has 144 valence electrons. The Hall–Kier alpha value is -1.41. The summed E-state index contributed by atoms with van der Waals surface area (Å²) in [5.74, 6) is 1.78. The van der Waals surface area contributed by atoms with Gasteiger partial charge in [0.2, 0.25) is 0 Å². The van der Waals surface area contributed by atoms with E-state index < -0.39 is 7.25 Å². The third-order valence-corrected chi connectivity index (χ3v) is 2.98. The van der Waals surface area contributed by atoms with Crippen LogP contribution in [0.2, 0.25) is 0 Å². The summed E-state index contributed by atoms with van der Waals surface area (Å²) in [5, 5.41) is 0. The molecule has 0 unspecified atom stereocenters. The van der Waals surface area contributed by atoms with Gasteiger partial charge in [0.25, 0.3) is 0 Å². The highest BCUT2D eigenvalue weighted by Crippen LogP contribution is 2.07. The summed E-state index contributed by atoms with van der Waals surface area (Å²) in [7, 11) is -6.00. The van der Waals surface area contributed by atoms with Crippen molar-refractivity contribution in [3.05, 3.63) is 12.0 Å². The Morgan fingerprint density at radius 2 is 1.29 bits per heavy atom. The van der Waals surface area contributed by atoms with Gasteiger partial charge in [0.05, 0.1) is 13.2 Å². The van der Waals surface area contributed by atoms with E-state index in [4.69, 9.17) is 9.47 Å². The fourth-order valence-electron chi connectivity index (χ4n) is 1.92. The largest absolute Gasteiger partial charge is 0.673 e. The standard InChI is InChI=1S/C15H31N2O2.BF4/c1-7-16(8-2)14(18-11-5)13-15(19-12-6)17(9-3)10-4;2-1(3,4)5/h13H,7-12H2,1-6H3;/q+1;-1. The van der Waals surface area contributed by atoms with Crippen LogP contribution in [-0.2, 0) is 9.47 Å². The van der Waals surface area contributed by atoms with Crippen LogP contribution in [0, 0.1) is 0 Å². The Morgan fingerprint density at radius 1 is 0.875 bits per heavy atom. The van der Waals surface area contributed by atoms with E-state index in [-0.39, 0.29) is 0 Å². The number of halogens is 4. The van der Waals surface area contributed by atoms with Crippen LogP contribution in [0.5, 0.6) is 0 Å². The van der Waals surface area contributed by atoms with E-state index in [1.54, 1.807) is 0 Å². The van der Waals surface area contributed by atoms with Gasteiger partial charge in [0.15, 0.2) is 5.88 Å². The number of nitrogens with zero attached hydrogens (tertiary/aromatic N) is 2. The van der Waals surface area contributed by atoms with E-state index in [1.165, 1.54) is 0 Å². The fraction of sp³-hybridized carbons (Fsp3) is 0.800. The topological polar surface area (TPSA) is 24.7 Å². The highest BCUT2D eigenvalue weighted by Gasteiger charge is 2.20. The van der Waals surface area contributed by atoms with Crippen molar-refractivity contribution in [2.75, 3.05) is 39.4 Å². The molecule has 0 bridgehead atoms. The van der Waals surface area contributed by atoms with Gasteiger partial charge in [-0.25, -0.2) is 0 Å². The lowest BCUT2D eigenvalue weighted by molar-refractivity contribution is -0.528. The fourth-order valence-corrected chi connectivity index (χ4v) is 1.92. The summed E-state index contributed by atoms with van der Waals surface area (Å²) in [6.45, 7) is 17.6. The summed E-state index contributed by atoms with van der Waals surface area (Å²) >= 11 is 0. The first-order valence-corrected chi connectivity index (χ1v) is 8.39. The van der Waals surface area contributed by atoms with Crippen LogP contribution >= 0.6 is 0 Å². The summed E-state index contributed by atoms with van der Waals surface area (Å²) in [6.07, 6.45) is 2.02. The van der Waals surface area contributed by atoms with Crippen molar-refractivity contribution < 1.29 is 31.3 Å². The van der Waals surface area contributed by atoms with Gasteiger partial charge in [-0.3, -0.25) is 0 Å². The zero-order valence-electron chi connectivity index (χ0n) is 15.6. The quantitative estimate of drug-likeness (QED) is 0.156. The van der Waals surface area contributed by atoms with Crippen molar-refractivity contribution >= 4 is 13.2 Å². The molecule has 0 aliphatic rings. The van der Waals surface area contributed by atoms with Crippen LogP contribution in [0.3, 0.4) is 0 Å². The summed E-state index contributed by atoms with van der Waals surface area (Å²) in [5.41, 5.74) is 0. The van der Waals surface area contributed by atoms with Crippen LogP contribution < -0.4 is 0 Å². The van der Waals surface area contributed by atoms with Gasteiger partial charge in [-0.2, -0.15) is 4.58 Å². The first-order chi connectivity index (χ1) is 11.2. The maximum absolute atomic E-state index is 9.75. The lowest BCUT2D eigenvalue weighted by atomic mass is 10.3. The molecule has 0 aromatic rings. The van der Waals surface area contributed by atoms with Gasteiger partial charge in [-0.15, -0.1) is 0 Å². The average Bonchev–Trinajstić information content (AvgIpc) is 2.48. The Labute approximate surface area is 143 Å². The Morgan fingerprint density at radius 3 is 1.58 bits per heavy atom. The molecule has 0 saturated carbocycles. The van der Waals surface area contributed by atoms with E-state index in [0.29, 0.717) is 13.2 Å². The lowest BCUT2D eigenvalue weighted by Gasteiger charge is -2.23. The van der Waals surface area contributed by atoms with Gasteiger partial charge in [0, 0.05) is 13.1 Å². The molecule has 0 atom stereocenters. The minimum absolute atomic E-state index is 0.667. The predicted octanol–water partition coefficient (Wildman–Crippen LogP) is 3.99. The van der Waals surface area contributed by atoms with Gasteiger partial charge in [-0.1, -0.05) is 0 Å². The Bertz CT molecular complexity index is 372. The Balaban J connectivity index is 0. The van der Waals surface area contributed by atoms with E-state index >= 15 is 0 Å². The maximum atomic E-state index is 9.75. The molecule has 24 heavy (non-hydrogen) atoms. The molecule has 0 aliphatic carbocycles. The summed E-state index contributed by atoms with van der Waals surface area (Å²) in [4.78, 5) is 2.20. The van der Waals surface area contributed by atoms with Gasteiger partial charge in [0.1, 0.15) is 19.2 Å². The molecule has 0 radical (unpaired) electrons. The van der Waals surface area contributed by atoms with E-state index in [2.05, 4.69) is 37.2 Å². The average molecular weight is 358 g/mol. The number of ether oxygens (including phenoxy) is 2. The molecule has 0 aromatic heterocycles. The first-order valence-electron chi connectivity index (χ1n) is 8.39. The summed E-state index contributed by atoms with van der Waals surface area (Å²) < 4.78 is 52.7. The third kappa shape index (κ3) is 13.1. The molecule has 0 rings (SSSR count). The molecular formula is C15H31BF4N2O2. The smallest absolute Gasteiger partial charge is 0.479 e. The zero-order valence-corrected chi connectivity index (χ0v) is 15.6. The number of hydrogen-bond acceptors (Lipinski definition) is 3. The van der Waals surface area contributed by atoms with Crippen LogP contribution in [-0.4, -0.2) is 62.0 Å². The molecule has 0 aromatic carbocycles. The first kappa shape index (κ1) is 24.8.